The lowest BCUT2D eigenvalue weighted by Gasteiger charge is -2.29. The first kappa shape index (κ1) is 13.2. The van der Waals surface area contributed by atoms with E-state index in [1.54, 1.807) is 6.20 Å². The van der Waals surface area contributed by atoms with E-state index in [0.29, 0.717) is 6.04 Å². The molecule has 0 amide bonds. The average Bonchev–Trinajstić information content (AvgIpc) is 2.93. The first-order valence-corrected chi connectivity index (χ1v) is 7.32. The van der Waals surface area contributed by atoms with Crippen LogP contribution in [0.1, 0.15) is 25.7 Å². The molecule has 1 aliphatic rings. The average molecular weight is 271 g/mol. The quantitative estimate of drug-likeness (QED) is 0.897. The number of anilines is 2. The van der Waals surface area contributed by atoms with Crippen molar-refractivity contribution >= 4 is 22.3 Å². The van der Waals surface area contributed by atoms with E-state index in [1.807, 2.05) is 18.2 Å². The summed E-state index contributed by atoms with van der Waals surface area (Å²) in [7, 11) is 0. The number of hydrogen-bond donors (Lipinski definition) is 2. The largest absolute Gasteiger partial charge is 0.396 e. The number of nitrogen functional groups attached to an aromatic ring is 1. The number of nitrogens with two attached hydrogens (primary N) is 1. The summed E-state index contributed by atoms with van der Waals surface area (Å²) in [6, 6.07) is 8.64. The monoisotopic (exact) mass is 271 g/mol. The molecule has 106 valence electrons. The van der Waals surface area contributed by atoms with Gasteiger partial charge in [0.25, 0.3) is 0 Å². The molecule has 1 saturated heterocycles. The fourth-order valence-electron chi connectivity index (χ4n) is 3.22. The second kappa shape index (κ2) is 5.67. The van der Waals surface area contributed by atoms with Gasteiger partial charge in [0.1, 0.15) is 0 Å². The molecule has 3 rings (SSSR count). The van der Waals surface area contributed by atoms with Crippen molar-refractivity contribution in [3.8, 4) is 0 Å². The fourth-order valence-corrected chi connectivity index (χ4v) is 3.22. The molecule has 1 aliphatic heterocycles. The van der Waals surface area contributed by atoms with E-state index in [2.05, 4.69) is 16.0 Å². The number of aliphatic hydroxyl groups excluding tert-OH is 1. The molecule has 20 heavy (non-hydrogen) atoms. The van der Waals surface area contributed by atoms with Crippen LogP contribution in [0.2, 0.25) is 0 Å². The van der Waals surface area contributed by atoms with Crippen LogP contribution in [0.5, 0.6) is 0 Å². The number of aliphatic hydroxyl groups is 1. The van der Waals surface area contributed by atoms with Crippen LogP contribution in [0.25, 0.3) is 10.9 Å². The topological polar surface area (TPSA) is 62.4 Å². The molecule has 2 heterocycles. The molecule has 4 heteroatoms. The lowest BCUT2D eigenvalue weighted by atomic mass is 10.1. The SMILES string of the molecule is Nc1cnc2ccccc2c1N1CCCC1CCCO. The third-order valence-corrected chi connectivity index (χ3v) is 4.14. The van der Waals surface area contributed by atoms with Gasteiger partial charge in [-0.05, 0) is 31.7 Å². The molecule has 1 aromatic heterocycles. The second-order valence-electron chi connectivity index (χ2n) is 5.43. The molecule has 0 spiro atoms. The summed E-state index contributed by atoms with van der Waals surface area (Å²) < 4.78 is 0. The predicted octanol–water partition coefficient (Wildman–Crippen LogP) is 2.56. The lowest BCUT2D eigenvalue weighted by Crippen LogP contribution is -2.30. The highest BCUT2D eigenvalue weighted by atomic mass is 16.2. The van der Waals surface area contributed by atoms with Gasteiger partial charge in [0.05, 0.1) is 23.1 Å². The normalized spacial score (nSPS) is 18.9. The highest BCUT2D eigenvalue weighted by Gasteiger charge is 2.27. The molecule has 0 radical (unpaired) electrons. The first-order valence-electron chi connectivity index (χ1n) is 7.32. The van der Waals surface area contributed by atoms with Gasteiger partial charge in [-0.25, -0.2) is 0 Å². The zero-order chi connectivity index (χ0) is 13.9. The zero-order valence-corrected chi connectivity index (χ0v) is 11.6. The molecule has 0 bridgehead atoms. The van der Waals surface area contributed by atoms with Crippen molar-refractivity contribution in [2.45, 2.75) is 31.7 Å². The van der Waals surface area contributed by atoms with Gasteiger partial charge in [0.2, 0.25) is 0 Å². The third-order valence-electron chi connectivity index (χ3n) is 4.14. The highest BCUT2D eigenvalue weighted by Crippen LogP contribution is 2.37. The molecule has 0 aliphatic carbocycles. The predicted molar refractivity (Wildman–Crippen MR) is 82.8 cm³/mol. The molecule has 1 aromatic carbocycles. The van der Waals surface area contributed by atoms with Gasteiger partial charge in [0.15, 0.2) is 0 Å². The Hall–Kier alpha value is -1.81. The van der Waals surface area contributed by atoms with Crippen molar-refractivity contribution < 1.29 is 5.11 Å². The summed E-state index contributed by atoms with van der Waals surface area (Å²) >= 11 is 0. The van der Waals surface area contributed by atoms with Gasteiger partial charge >= 0.3 is 0 Å². The third kappa shape index (κ3) is 2.31. The lowest BCUT2D eigenvalue weighted by molar-refractivity contribution is 0.279. The molecule has 1 atom stereocenters. The summed E-state index contributed by atoms with van der Waals surface area (Å²) in [6.07, 6.45) is 6.00. The molecule has 1 unspecified atom stereocenters. The molecular weight excluding hydrogens is 250 g/mol. The van der Waals surface area contributed by atoms with E-state index < -0.39 is 0 Å². The van der Waals surface area contributed by atoms with Gasteiger partial charge in [-0.15, -0.1) is 0 Å². The summed E-state index contributed by atoms with van der Waals surface area (Å²) in [5.74, 6) is 0. The van der Waals surface area contributed by atoms with Crippen LogP contribution in [0.3, 0.4) is 0 Å². The van der Waals surface area contributed by atoms with Gasteiger partial charge in [0, 0.05) is 24.6 Å². The van der Waals surface area contributed by atoms with Crippen molar-refractivity contribution in [1.82, 2.24) is 4.98 Å². The Balaban J connectivity index is 2.02. The van der Waals surface area contributed by atoms with Gasteiger partial charge in [-0.2, -0.15) is 0 Å². The Kier molecular flexibility index (Phi) is 3.74. The van der Waals surface area contributed by atoms with E-state index >= 15 is 0 Å². The first-order chi connectivity index (χ1) is 9.81. The van der Waals surface area contributed by atoms with Crippen LogP contribution in [-0.4, -0.2) is 29.3 Å². The maximum atomic E-state index is 9.06. The zero-order valence-electron chi connectivity index (χ0n) is 11.6. The van der Waals surface area contributed by atoms with Crippen LogP contribution in [-0.2, 0) is 0 Å². The fraction of sp³-hybridized carbons (Fsp3) is 0.438. The van der Waals surface area contributed by atoms with Crippen LogP contribution in [0.15, 0.2) is 30.5 Å². The van der Waals surface area contributed by atoms with E-state index in [0.717, 1.165) is 41.7 Å². The van der Waals surface area contributed by atoms with Gasteiger partial charge in [-0.1, -0.05) is 18.2 Å². The number of fused-ring (bicyclic) bond motifs is 1. The Morgan fingerprint density at radius 1 is 1.35 bits per heavy atom. The Morgan fingerprint density at radius 2 is 2.20 bits per heavy atom. The van der Waals surface area contributed by atoms with Crippen molar-refractivity contribution in [3.63, 3.8) is 0 Å². The maximum Gasteiger partial charge on any atom is 0.0745 e. The second-order valence-corrected chi connectivity index (χ2v) is 5.43. The summed E-state index contributed by atoms with van der Waals surface area (Å²) in [6.45, 7) is 1.30. The molecule has 0 saturated carbocycles. The standard InChI is InChI=1S/C16H21N3O/c17-14-11-18-15-8-2-1-7-13(15)16(14)19-9-3-5-12(19)6-4-10-20/h1-2,7-8,11-12,20H,3-6,9-10,17H2. The highest BCUT2D eigenvalue weighted by molar-refractivity contribution is 5.97. The summed E-state index contributed by atoms with van der Waals surface area (Å²) in [4.78, 5) is 6.82. The maximum absolute atomic E-state index is 9.06. The molecular formula is C16H21N3O. The van der Waals surface area contributed by atoms with Gasteiger partial charge in [-0.3, -0.25) is 4.98 Å². The minimum absolute atomic E-state index is 0.261. The number of benzene rings is 1. The Bertz CT molecular complexity index is 599. The molecule has 1 fully saturated rings. The number of para-hydroxylation sites is 1. The summed E-state index contributed by atoms with van der Waals surface area (Å²) in [5, 5.41) is 10.2. The molecule has 2 aromatic rings. The van der Waals surface area contributed by atoms with E-state index in [9.17, 15) is 0 Å². The van der Waals surface area contributed by atoms with Crippen molar-refractivity contribution in [3.05, 3.63) is 30.5 Å². The van der Waals surface area contributed by atoms with Crippen molar-refractivity contribution in [2.75, 3.05) is 23.8 Å². The van der Waals surface area contributed by atoms with Crippen molar-refractivity contribution in [2.24, 2.45) is 0 Å². The van der Waals surface area contributed by atoms with Crippen LogP contribution < -0.4 is 10.6 Å². The van der Waals surface area contributed by atoms with Crippen molar-refractivity contribution in [1.29, 1.82) is 0 Å². The van der Waals surface area contributed by atoms with E-state index in [-0.39, 0.29) is 6.61 Å². The van der Waals surface area contributed by atoms with E-state index in [1.165, 1.54) is 12.8 Å². The number of pyridine rings is 1. The summed E-state index contributed by atoms with van der Waals surface area (Å²) in [5.41, 5.74) is 9.07. The Labute approximate surface area is 119 Å². The number of nitrogens with zero attached hydrogens (tertiary/aromatic N) is 2. The smallest absolute Gasteiger partial charge is 0.0745 e. The number of aromatic nitrogens is 1. The number of hydrogen-bond acceptors (Lipinski definition) is 4. The van der Waals surface area contributed by atoms with Crippen LogP contribution >= 0.6 is 0 Å². The minimum atomic E-state index is 0.261. The Morgan fingerprint density at radius 3 is 3.05 bits per heavy atom. The van der Waals surface area contributed by atoms with Crippen LogP contribution in [0.4, 0.5) is 11.4 Å². The van der Waals surface area contributed by atoms with Gasteiger partial charge < -0.3 is 15.7 Å². The van der Waals surface area contributed by atoms with E-state index in [4.69, 9.17) is 10.8 Å². The number of rotatable bonds is 4. The molecule has 3 N–H and O–H groups in total. The van der Waals surface area contributed by atoms with Crippen LogP contribution in [0, 0.1) is 0 Å². The minimum Gasteiger partial charge on any atom is -0.396 e. The molecule has 4 nitrogen and oxygen atoms in total.